The highest BCUT2D eigenvalue weighted by Gasteiger charge is 2.08. The minimum Gasteiger partial charge on any atom is -0.497 e. The molecule has 98 valence electrons. The van der Waals surface area contributed by atoms with Crippen LogP contribution in [0.3, 0.4) is 0 Å². The van der Waals surface area contributed by atoms with Gasteiger partial charge >= 0.3 is 0 Å². The quantitative estimate of drug-likeness (QED) is 0.894. The smallest absolute Gasteiger partial charge is 0.252 e. The summed E-state index contributed by atoms with van der Waals surface area (Å²) in [5, 5.41) is 0. The van der Waals surface area contributed by atoms with Gasteiger partial charge in [0.1, 0.15) is 18.1 Å². The molecule has 0 atom stereocenters. The van der Waals surface area contributed by atoms with Crippen molar-refractivity contribution < 1.29 is 14.3 Å². The number of benzene rings is 2. The van der Waals surface area contributed by atoms with Crippen molar-refractivity contribution >= 4 is 5.91 Å². The monoisotopic (exact) mass is 257 g/mol. The minimum absolute atomic E-state index is 0.369. The molecular weight excluding hydrogens is 242 g/mol. The number of nitrogens with two attached hydrogens (primary N) is 1. The molecule has 2 aromatic rings. The van der Waals surface area contributed by atoms with Crippen LogP contribution in [0.1, 0.15) is 15.9 Å². The van der Waals surface area contributed by atoms with Crippen molar-refractivity contribution in [1.29, 1.82) is 0 Å². The fourth-order valence-corrected chi connectivity index (χ4v) is 1.68. The second kappa shape index (κ2) is 5.91. The predicted octanol–water partition coefficient (Wildman–Crippen LogP) is 2.37. The molecule has 4 heteroatoms. The zero-order valence-corrected chi connectivity index (χ0v) is 10.6. The average Bonchev–Trinajstić information content (AvgIpc) is 2.46. The standard InChI is InChI=1S/C15H15NO3/c1-18-12-8-6-11(7-9-12)10-19-14-5-3-2-4-13(14)15(16)17/h2-9H,10H2,1H3,(H2,16,17). The number of hydrogen-bond acceptors (Lipinski definition) is 3. The molecule has 0 unspecified atom stereocenters. The summed E-state index contributed by atoms with van der Waals surface area (Å²) in [6.07, 6.45) is 0. The molecule has 0 fully saturated rings. The maximum Gasteiger partial charge on any atom is 0.252 e. The number of rotatable bonds is 5. The molecule has 0 spiro atoms. The Kier molecular flexibility index (Phi) is 4.03. The van der Waals surface area contributed by atoms with Crippen LogP contribution in [0.2, 0.25) is 0 Å². The van der Waals surface area contributed by atoms with E-state index in [4.69, 9.17) is 15.2 Å². The van der Waals surface area contributed by atoms with Crippen LogP contribution in [0.25, 0.3) is 0 Å². The number of carbonyl (C=O) groups is 1. The molecule has 0 aliphatic carbocycles. The molecule has 0 aromatic heterocycles. The Morgan fingerprint density at radius 2 is 1.79 bits per heavy atom. The highest BCUT2D eigenvalue weighted by molar-refractivity contribution is 5.95. The van der Waals surface area contributed by atoms with Crippen LogP contribution in [-0.4, -0.2) is 13.0 Å². The first-order valence-corrected chi connectivity index (χ1v) is 5.85. The highest BCUT2D eigenvalue weighted by atomic mass is 16.5. The fraction of sp³-hybridized carbons (Fsp3) is 0.133. The van der Waals surface area contributed by atoms with Crippen molar-refractivity contribution in [2.75, 3.05) is 7.11 Å². The lowest BCUT2D eigenvalue weighted by Gasteiger charge is -2.09. The topological polar surface area (TPSA) is 61.6 Å². The molecule has 0 heterocycles. The molecular formula is C15H15NO3. The molecule has 1 amide bonds. The third-order valence-corrected chi connectivity index (χ3v) is 2.71. The van der Waals surface area contributed by atoms with Gasteiger partial charge in [0.15, 0.2) is 0 Å². The third kappa shape index (κ3) is 3.25. The summed E-state index contributed by atoms with van der Waals surface area (Å²) >= 11 is 0. The van der Waals surface area contributed by atoms with E-state index in [1.165, 1.54) is 0 Å². The Bertz CT molecular complexity index is 564. The number of methoxy groups -OCH3 is 1. The maximum atomic E-state index is 11.2. The summed E-state index contributed by atoms with van der Waals surface area (Å²) in [6, 6.07) is 14.5. The summed E-state index contributed by atoms with van der Waals surface area (Å²) in [7, 11) is 1.62. The van der Waals surface area contributed by atoms with Crippen molar-refractivity contribution in [3.63, 3.8) is 0 Å². The van der Waals surface area contributed by atoms with E-state index in [0.29, 0.717) is 17.9 Å². The second-order valence-electron chi connectivity index (χ2n) is 4.00. The average molecular weight is 257 g/mol. The van der Waals surface area contributed by atoms with E-state index in [0.717, 1.165) is 11.3 Å². The molecule has 19 heavy (non-hydrogen) atoms. The van der Waals surface area contributed by atoms with Gasteiger partial charge in [0.25, 0.3) is 5.91 Å². The van der Waals surface area contributed by atoms with E-state index in [-0.39, 0.29) is 0 Å². The van der Waals surface area contributed by atoms with Crippen LogP contribution in [0, 0.1) is 0 Å². The van der Waals surface area contributed by atoms with E-state index in [9.17, 15) is 4.79 Å². The summed E-state index contributed by atoms with van der Waals surface area (Å²) in [4.78, 5) is 11.2. The molecule has 0 bridgehead atoms. The highest BCUT2D eigenvalue weighted by Crippen LogP contribution is 2.19. The molecule has 4 nitrogen and oxygen atoms in total. The van der Waals surface area contributed by atoms with Crippen molar-refractivity contribution in [3.05, 3.63) is 59.7 Å². The number of primary amides is 1. The van der Waals surface area contributed by atoms with Gasteiger partial charge in [0, 0.05) is 0 Å². The first-order chi connectivity index (χ1) is 9.20. The van der Waals surface area contributed by atoms with Gasteiger partial charge in [-0.05, 0) is 29.8 Å². The van der Waals surface area contributed by atoms with Gasteiger partial charge in [-0.15, -0.1) is 0 Å². The van der Waals surface area contributed by atoms with Gasteiger partial charge in [0.2, 0.25) is 0 Å². The molecule has 2 aromatic carbocycles. The van der Waals surface area contributed by atoms with Crippen LogP contribution >= 0.6 is 0 Å². The van der Waals surface area contributed by atoms with E-state index in [1.54, 1.807) is 31.4 Å². The number of hydrogen-bond donors (Lipinski definition) is 1. The Morgan fingerprint density at radius 3 is 2.42 bits per heavy atom. The van der Waals surface area contributed by atoms with Gasteiger partial charge in [0.05, 0.1) is 12.7 Å². The van der Waals surface area contributed by atoms with Gasteiger partial charge < -0.3 is 15.2 Å². The van der Waals surface area contributed by atoms with E-state index < -0.39 is 5.91 Å². The Morgan fingerprint density at radius 1 is 1.11 bits per heavy atom. The van der Waals surface area contributed by atoms with E-state index >= 15 is 0 Å². The maximum absolute atomic E-state index is 11.2. The summed E-state index contributed by atoms with van der Waals surface area (Å²) in [5.74, 6) is 0.789. The largest absolute Gasteiger partial charge is 0.497 e. The van der Waals surface area contributed by atoms with Crippen LogP contribution in [-0.2, 0) is 6.61 Å². The number of ether oxygens (including phenoxy) is 2. The Hall–Kier alpha value is -2.49. The van der Waals surface area contributed by atoms with E-state index in [2.05, 4.69) is 0 Å². The van der Waals surface area contributed by atoms with Gasteiger partial charge in [-0.25, -0.2) is 0 Å². The lowest BCUT2D eigenvalue weighted by molar-refractivity contribution is 0.0996. The lowest BCUT2D eigenvalue weighted by Crippen LogP contribution is -2.12. The van der Waals surface area contributed by atoms with E-state index in [1.807, 2.05) is 24.3 Å². The molecule has 2 N–H and O–H groups in total. The first-order valence-electron chi connectivity index (χ1n) is 5.85. The fourth-order valence-electron chi connectivity index (χ4n) is 1.68. The Labute approximate surface area is 111 Å². The van der Waals surface area contributed by atoms with Crippen LogP contribution in [0.5, 0.6) is 11.5 Å². The lowest BCUT2D eigenvalue weighted by atomic mass is 10.2. The van der Waals surface area contributed by atoms with Gasteiger partial charge in [-0.2, -0.15) is 0 Å². The number of amides is 1. The minimum atomic E-state index is -0.495. The molecule has 0 radical (unpaired) electrons. The van der Waals surface area contributed by atoms with Crippen molar-refractivity contribution in [2.45, 2.75) is 6.61 Å². The third-order valence-electron chi connectivity index (χ3n) is 2.71. The molecule has 2 rings (SSSR count). The van der Waals surface area contributed by atoms with Gasteiger partial charge in [-0.1, -0.05) is 24.3 Å². The van der Waals surface area contributed by atoms with Crippen LogP contribution in [0.4, 0.5) is 0 Å². The predicted molar refractivity (Wildman–Crippen MR) is 72.3 cm³/mol. The number of carbonyl (C=O) groups excluding carboxylic acids is 1. The molecule has 0 saturated heterocycles. The zero-order chi connectivity index (χ0) is 13.7. The second-order valence-corrected chi connectivity index (χ2v) is 4.00. The van der Waals surface area contributed by atoms with Crippen LogP contribution in [0.15, 0.2) is 48.5 Å². The van der Waals surface area contributed by atoms with Gasteiger partial charge in [-0.3, -0.25) is 4.79 Å². The van der Waals surface area contributed by atoms with Crippen LogP contribution < -0.4 is 15.2 Å². The molecule has 0 aliphatic rings. The normalized spacial score (nSPS) is 9.95. The zero-order valence-electron chi connectivity index (χ0n) is 10.6. The van der Waals surface area contributed by atoms with Crippen molar-refractivity contribution in [1.82, 2.24) is 0 Å². The molecule has 0 saturated carbocycles. The Balaban J connectivity index is 2.07. The summed E-state index contributed by atoms with van der Waals surface area (Å²) in [5.41, 5.74) is 6.66. The van der Waals surface area contributed by atoms with Crippen molar-refractivity contribution in [2.24, 2.45) is 5.73 Å². The SMILES string of the molecule is COc1ccc(COc2ccccc2C(N)=O)cc1. The van der Waals surface area contributed by atoms with Crippen molar-refractivity contribution in [3.8, 4) is 11.5 Å². The summed E-state index contributed by atoms with van der Waals surface area (Å²) < 4.78 is 10.7. The molecule has 0 aliphatic heterocycles. The number of para-hydroxylation sites is 1. The summed E-state index contributed by atoms with van der Waals surface area (Å²) in [6.45, 7) is 0.369. The first kappa shape index (κ1) is 13.0.